The second-order valence-electron chi connectivity index (χ2n) is 7.04. The molecule has 1 saturated heterocycles. The molecule has 4 aromatic rings. The minimum atomic E-state index is 0.649. The SMILES string of the molecule is CCOc1cccc2sc(N3CCN(c4nc5c(C)ccc(Cl)c5s4)CC3)nc12. The van der Waals surface area contributed by atoms with E-state index >= 15 is 0 Å². The predicted octanol–water partition coefficient (Wildman–Crippen LogP) is 5.59. The number of benzene rings is 2. The van der Waals surface area contributed by atoms with Gasteiger partial charge in [0.25, 0.3) is 0 Å². The summed E-state index contributed by atoms with van der Waals surface area (Å²) in [6.45, 7) is 8.43. The fourth-order valence-corrected chi connectivity index (χ4v) is 6.04. The van der Waals surface area contributed by atoms with E-state index in [4.69, 9.17) is 26.3 Å². The van der Waals surface area contributed by atoms with E-state index in [9.17, 15) is 0 Å². The summed E-state index contributed by atoms with van der Waals surface area (Å²) in [6.07, 6.45) is 0. The van der Waals surface area contributed by atoms with Crippen molar-refractivity contribution in [1.29, 1.82) is 0 Å². The molecule has 0 saturated carbocycles. The normalized spacial score (nSPS) is 14.9. The summed E-state index contributed by atoms with van der Waals surface area (Å²) in [4.78, 5) is 14.5. The Labute approximate surface area is 182 Å². The molecule has 0 radical (unpaired) electrons. The van der Waals surface area contributed by atoms with Gasteiger partial charge in [0.2, 0.25) is 0 Å². The van der Waals surface area contributed by atoms with Gasteiger partial charge >= 0.3 is 0 Å². The van der Waals surface area contributed by atoms with Crippen molar-refractivity contribution in [1.82, 2.24) is 9.97 Å². The number of piperazine rings is 1. The highest BCUT2D eigenvalue weighted by Gasteiger charge is 2.23. The number of halogens is 1. The monoisotopic (exact) mass is 444 g/mol. The fourth-order valence-electron chi connectivity index (χ4n) is 3.63. The number of ether oxygens (including phenoxy) is 1. The van der Waals surface area contributed by atoms with Crippen LogP contribution in [0.25, 0.3) is 20.4 Å². The molecule has 5 rings (SSSR count). The number of thiazole rings is 2. The topological polar surface area (TPSA) is 41.5 Å². The van der Waals surface area contributed by atoms with Gasteiger partial charge < -0.3 is 14.5 Å². The van der Waals surface area contributed by atoms with Crippen LogP contribution >= 0.6 is 34.3 Å². The van der Waals surface area contributed by atoms with Gasteiger partial charge in [0.05, 0.1) is 26.5 Å². The van der Waals surface area contributed by atoms with Gasteiger partial charge in [-0.1, -0.05) is 46.4 Å². The summed E-state index contributed by atoms with van der Waals surface area (Å²) in [6, 6.07) is 10.1. The van der Waals surface area contributed by atoms with Crippen molar-refractivity contribution in [3.63, 3.8) is 0 Å². The molecule has 2 aromatic carbocycles. The molecule has 0 spiro atoms. The Morgan fingerprint density at radius 3 is 2.34 bits per heavy atom. The summed E-state index contributed by atoms with van der Waals surface area (Å²) >= 11 is 9.81. The molecule has 2 aromatic heterocycles. The smallest absolute Gasteiger partial charge is 0.186 e. The minimum absolute atomic E-state index is 0.649. The van der Waals surface area contributed by atoms with Gasteiger partial charge in [0.1, 0.15) is 11.3 Å². The van der Waals surface area contributed by atoms with Crippen LogP contribution in [0.4, 0.5) is 10.3 Å². The van der Waals surface area contributed by atoms with E-state index in [-0.39, 0.29) is 0 Å². The third kappa shape index (κ3) is 3.41. The molecule has 0 aliphatic carbocycles. The molecule has 0 bridgehead atoms. The number of aromatic nitrogens is 2. The highest BCUT2D eigenvalue weighted by Crippen LogP contribution is 2.37. The average Bonchev–Trinajstić information content (AvgIpc) is 3.37. The Hall–Kier alpha value is -2.09. The molecule has 0 amide bonds. The molecule has 3 heterocycles. The van der Waals surface area contributed by atoms with Crippen molar-refractivity contribution in [2.75, 3.05) is 42.6 Å². The molecule has 150 valence electrons. The molecule has 1 aliphatic heterocycles. The zero-order valence-electron chi connectivity index (χ0n) is 16.3. The first kappa shape index (κ1) is 18.9. The number of nitrogens with zero attached hydrogens (tertiary/aromatic N) is 4. The van der Waals surface area contributed by atoms with Crippen LogP contribution < -0.4 is 14.5 Å². The molecule has 5 nitrogen and oxygen atoms in total. The number of rotatable bonds is 4. The molecular weight excluding hydrogens is 424 g/mol. The minimum Gasteiger partial charge on any atom is -0.492 e. The number of para-hydroxylation sites is 1. The molecule has 1 fully saturated rings. The Balaban J connectivity index is 1.35. The number of hydrogen-bond donors (Lipinski definition) is 0. The van der Waals surface area contributed by atoms with Gasteiger partial charge in [0.15, 0.2) is 10.3 Å². The lowest BCUT2D eigenvalue weighted by Crippen LogP contribution is -2.46. The van der Waals surface area contributed by atoms with E-state index in [0.29, 0.717) is 6.61 Å². The molecule has 0 N–H and O–H groups in total. The molecular formula is C21H21ClN4OS2. The summed E-state index contributed by atoms with van der Waals surface area (Å²) in [7, 11) is 0. The Morgan fingerprint density at radius 1 is 0.966 bits per heavy atom. The standard InChI is InChI=1S/C21H21ClN4OS2/c1-3-27-15-5-4-6-16-18(15)24-20(28-16)25-9-11-26(12-10-25)21-23-17-13(2)7-8-14(22)19(17)29-21/h4-8H,3,9-12H2,1-2H3. The lowest BCUT2D eigenvalue weighted by molar-refractivity contribution is 0.344. The number of aryl methyl sites for hydroxylation is 1. The van der Waals surface area contributed by atoms with E-state index in [2.05, 4.69) is 22.8 Å². The Morgan fingerprint density at radius 2 is 1.66 bits per heavy atom. The summed E-state index contributed by atoms with van der Waals surface area (Å²) in [5.41, 5.74) is 3.16. The third-order valence-electron chi connectivity index (χ3n) is 5.18. The van der Waals surface area contributed by atoms with Gasteiger partial charge in [-0.2, -0.15) is 0 Å². The molecule has 0 unspecified atom stereocenters. The highest BCUT2D eigenvalue weighted by atomic mass is 35.5. The first-order chi connectivity index (χ1) is 14.1. The van der Waals surface area contributed by atoms with Crippen LogP contribution in [0.1, 0.15) is 12.5 Å². The third-order valence-corrected chi connectivity index (χ3v) is 7.84. The van der Waals surface area contributed by atoms with Gasteiger partial charge in [-0.3, -0.25) is 0 Å². The Bertz CT molecular complexity index is 1140. The van der Waals surface area contributed by atoms with Crippen LogP contribution in [0, 0.1) is 6.92 Å². The second kappa shape index (κ2) is 7.63. The van der Waals surface area contributed by atoms with E-state index < -0.39 is 0 Å². The fraction of sp³-hybridized carbons (Fsp3) is 0.333. The van der Waals surface area contributed by atoms with Crippen LogP contribution in [0.3, 0.4) is 0 Å². The second-order valence-corrected chi connectivity index (χ2v) is 9.44. The zero-order chi connectivity index (χ0) is 20.0. The van der Waals surface area contributed by atoms with Crippen LogP contribution in [-0.4, -0.2) is 42.8 Å². The summed E-state index contributed by atoms with van der Waals surface area (Å²) in [5.74, 6) is 0.868. The van der Waals surface area contributed by atoms with Crippen LogP contribution in [0.15, 0.2) is 30.3 Å². The van der Waals surface area contributed by atoms with Gasteiger partial charge in [-0.05, 0) is 37.6 Å². The van der Waals surface area contributed by atoms with E-state index in [0.717, 1.165) is 62.9 Å². The van der Waals surface area contributed by atoms with Crippen LogP contribution in [0.5, 0.6) is 5.75 Å². The zero-order valence-corrected chi connectivity index (χ0v) is 18.7. The van der Waals surface area contributed by atoms with E-state index in [1.807, 2.05) is 31.2 Å². The van der Waals surface area contributed by atoms with Gasteiger partial charge in [-0.15, -0.1) is 0 Å². The van der Waals surface area contributed by atoms with Crippen molar-refractivity contribution in [2.45, 2.75) is 13.8 Å². The largest absolute Gasteiger partial charge is 0.492 e. The summed E-state index contributed by atoms with van der Waals surface area (Å²) in [5, 5.41) is 2.90. The van der Waals surface area contributed by atoms with Gasteiger partial charge in [-0.25, -0.2) is 9.97 Å². The maximum atomic E-state index is 6.38. The average molecular weight is 445 g/mol. The van der Waals surface area contributed by atoms with Crippen molar-refractivity contribution >= 4 is 65.0 Å². The lowest BCUT2D eigenvalue weighted by atomic mass is 10.2. The maximum absolute atomic E-state index is 6.38. The molecule has 1 aliphatic rings. The maximum Gasteiger partial charge on any atom is 0.186 e. The van der Waals surface area contributed by atoms with E-state index in [1.165, 1.54) is 10.3 Å². The van der Waals surface area contributed by atoms with Crippen molar-refractivity contribution in [2.24, 2.45) is 0 Å². The van der Waals surface area contributed by atoms with Crippen LogP contribution in [0.2, 0.25) is 5.02 Å². The quantitative estimate of drug-likeness (QED) is 0.410. The number of anilines is 2. The van der Waals surface area contributed by atoms with E-state index in [1.54, 1.807) is 22.7 Å². The molecule has 29 heavy (non-hydrogen) atoms. The predicted molar refractivity (Wildman–Crippen MR) is 125 cm³/mol. The highest BCUT2D eigenvalue weighted by molar-refractivity contribution is 7.23. The van der Waals surface area contributed by atoms with Crippen molar-refractivity contribution < 1.29 is 4.74 Å². The Kier molecular flexibility index (Phi) is 4.97. The van der Waals surface area contributed by atoms with Crippen molar-refractivity contribution in [3.05, 3.63) is 40.9 Å². The first-order valence-electron chi connectivity index (χ1n) is 9.72. The lowest BCUT2D eigenvalue weighted by Gasteiger charge is -2.34. The summed E-state index contributed by atoms with van der Waals surface area (Å²) < 4.78 is 8.00. The molecule has 8 heteroatoms. The van der Waals surface area contributed by atoms with Crippen LogP contribution in [-0.2, 0) is 0 Å². The number of fused-ring (bicyclic) bond motifs is 2. The molecule has 0 atom stereocenters. The van der Waals surface area contributed by atoms with Crippen molar-refractivity contribution in [3.8, 4) is 5.75 Å². The number of hydrogen-bond acceptors (Lipinski definition) is 7. The first-order valence-corrected chi connectivity index (χ1v) is 11.7. The van der Waals surface area contributed by atoms with Gasteiger partial charge in [0, 0.05) is 26.2 Å².